The van der Waals surface area contributed by atoms with Gasteiger partial charge in [0.1, 0.15) is 12.2 Å². The maximum atomic E-state index is 5.84. The van der Waals surface area contributed by atoms with E-state index < -0.39 is 5.79 Å². The van der Waals surface area contributed by atoms with Crippen LogP contribution in [0.15, 0.2) is 0 Å². The number of hydrogen-bond acceptors (Lipinski definition) is 4. The van der Waals surface area contributed by atoms with E-state index in [-0.39, 0.29) is 12.2 Å². The van der Waals surface area contributed by atoms with Crippen molar-refractivity contribution in [3.63, 3.8) is 0 Å². The van der Waals surface area contributed by atoms with Crippen LogP contribution in [-0.2, 0) is 9.47 Å². The summed E-state index contributed by atoms with van der Waals surface area (Å²) in [5.74, 6) is 5.42. The Kier molecular flexibility index (Phi) is 2.11. The van der Waals surface area contributed by atoms with Crippen molar-refractivity contribution in [2.24, 2.45) is 5.84 Å². The van der Waals surface area contributed by atoms with E-state index in [1.165, 1.54) is 0 Å². The summed E-state index contributed by atoms with van der Waals surface area (Å²) in [7, 11) is 0. The zero-order valence-electron chi connectivity index (χ0n) is 8.49. The van der Waals surface area contributed by atoms with Crippen LogP contribution >= 0.6 is 0 Å². The van der Waals surface area contributed by atoms with Crippen LogP contribution in [0.5, 0.6) is 0 Å². The van der Waals surface area contributed by atoms with Crippen LogP contribution in [0.2, 0.25) is 0 Å². The van der Waals surface area contributed by atoms with Gasteiger partial charge < -0.3 is 9.47 Å². The summed E-state index contributed by atoms with van der Waals surface area (Å²) in [6.07, 6.45) is 1.33. The lowest BCUT2D eigenvalue weighted by atomic mass is 10.1. The van der Waals surface area contributed by atoms with Gasteiger partial charge in [-0.15, -0.1) is 0 Å². The molecular weight excluding hydrogens is 168 g/mol. The van der Waals surface area contributed by atoms with Crippen molar-refractivity contribution in [1.29, 1.82) is 0 Å². The predicted octanol–water partition coefficient (Wildman–Crippen LogP) is 0.474. The van der Waals surface area contributed by atoms with Gasteiger partial charge in [-0.25, -0.2) is 5.01 Å². The fraction of sp³-hybridized carbons (Fsp3) is 1.00. The van der Waals surface area contributed by atoms with Gasteiger partial charge in [0.05, 0.1) is 6.04 Å². The minimum atomic E-state index is -0.427. The number of nitrogens with two attached hydrogens (primary N) is 1. The Morgan fingerprint density at radius 3 is 2.77 bits per heavy atom. The van der Waals surface area contributed by atoms with Gasteiger partial charge in [-0.3, -0.25) is 5.84 Å². The summed E-state index contributed by atoms with van der Waals surface area (Å²) < 4.78 is 11.5. The van der Waals surface area contributed by atoms with Crippen LogP contribution in [-0.4, -0.2) is 35.6 Å². The van der Waals surface area contributed by atoms with Crippen molar-refractivity contribution in [3.8, 4) is 0 Å². The van der Waals surface area contributed by atoms with E-state index >= 15 is 0 Å². The lowest BCUT2D eigenvalue weighted by Crippen LogP contribution is -2.42. The van der Waals surface area contributed by atoms with Crippen molar-refractivity contribution in [2.45, 2.75) is 51.2 Å². The number of ether oxygens (including phenoxy) is 2. The minimum absolute atomic E-state index is 0.157. The fourth-order valence-corrected chi connectivity index (χ4v) is 2.33. The standard InChI is InChI=1S/C9H18N2O2/c1-4-6-8-7(5-11(6)10)12-9(2,3)13-8/h6-8H,4-5,10H2,1-3H3. The number of hydrogen-bond donors (Lipinski definition) is 1. The molecule has 2 N–H and O–H groups in total. The first kappa shape index (κ1) is 9.40. The first-order valence-corrected chi connectivity index (χ1v) is 4.90. The van der Waals surface area contributed by atoms with E-state index in [1.54, 1.807) is 0 Å². The molecular formula is C9H18N2O2. The second-order valence-corrected chi connectivity index (χ2v) is 4.31. The highest BCUT2D eigenvalue weighted by Gasteiger charge is 2.50. The third kappa shape index (κ3) is 1.48. The number of hydrazine groups is 1. The topological polar surface area (TPSA) is 47.7 Å². The average molecular weight is 186 g/mol. The molecule has 2 saturated heterocycles. The molecule has 2 fully saturated rings. The third-order valence-electron chi connectivity index (χ3n) is 2.84. The average Bonchev–Trinajstić information content (AvgIpc) is 2.39. The normalized spacial score (nSPS) is 43.8. The molecule has 0 radical (unpaired) electrons. The minimum Gasteiger partial charge on any atom is -0.343 e. The Balaban J connectivity index is 2.10. The zero-order chi connectivity index (χ0) is 9.64. The molecule has 4 nitrogen and oxygen atoms in total. The van der Waals surface area contributed by atoms with Gasteiger partial charge in [0.25, 0.3) is 0 Å². The van der Waals surface area contributed by atoms with E-state index in [4.69, 9.17) is 15.3 Å². The van der Waals surface area contributed by atoms with Crippen LogP contribution in [0.3, 0.4) is 0 Å². The Morgan fingerprint density at radius 2 is 2.15 bits per heavy atom. The van der Waals surface area contributed by atoms with Crippen molar-refractivity contribution in [2.75, 3.05) is 6.54 Å². The molecule has 0 spiro atoms. The van der Waals surface area contributed by atoms with Gasteiger partial charge in [0.2, 0.25) is 0 Å². The first-order chi connectivity index (χ1) is 6.03. The van der Waals surface area contributed by atoms with Gasteiger partial charge in [0.15, 0.2) is 5.79 Å². The molecule has 13 heavy (non-hydrogen) atoms. The molecule has 2 aliphatic heterocycles. The van der Waals surface area contributed by atoms with Crippen LogP contribution in [0.25, 0.3) is 0 Å². The molecule has 0 bridgehead atoms. The Morgan fingerprint density at radius 1 is 1.46 bits per heavy atom. The maximum Gasteiger partial charge on any atom is 0.163 e. The summed E-state index contributed by atoms with van der Waals surface area (Å²) >= 11 is 0. The molecule has 3 atom stereocenters. The smallest absolute Gasteiger partial charge is 0.163 e. The van der Waals surface area contributed by atoms with Gasteiger partial charge in [0, 0.05) is 6.54 Å². The van der Waals surface area contributed by atoms with E-state index in [0.29, 0.717) is 6.04 Å². The maximum absolute atomic E-state index is 5.84. The van der Waals surface area contributed by atoms with Gasteiger partial charge >= 0.3 is 0 Å². The molecule has 0 aromatic rings. The highest BCUT2D eigenvalue weighted by molar-refractivity contribution is 4.97. The highest BCUT2D eigenvalue weighted by atomic mass is 16.8. The van der Waals surface area contributed by atoms with E-state index in [1.807, 2.05) is 18.9 Å². The van der Waals surface area contributed by atoms with Crippen LogP contribution in [0.1, 0.15) is 27.2 Å². The number of rotatable bonds is 1. The predicted molar refractivity (Wildman–Crippen MR) is 48.8 cm³/mol. The SMILES string of the molecule is CCC1C2OC(C)(C)OC2CN1N. The third-order valence-corrected chi connectivity index (χ3v) is 2.84. The zero-order valence-corrected chi connectivity index (χ0v) is 8.49. The van der Waals surface area contributed by atoms with Gasteiger partial charge in [-0.2, -0.15) is 0 Å². The monoisotopic (exact) mass is 186 g/mol. The summed E-state index contributed by atoms with van der Waals surface area (Å²) in [4.78, 5) is 0. The van der Waals surface area contributed by atoms with Gasteiger partial charge in [-0.05, 0) is 20.3 Å². The van der Waals surface area contributed by atoms with Crippen molar-refractivity contribution in [3.05, 3.63) is 0 Å². The second kappa shape index (κ2) is 2.92. The largest absolute Gasteiger partial charge is 0.343 e. The molecule has 4 heteroatoms. The van der Waals surface area contributed by atoms with E-state index in [2.05, 4.69) is 6.92 Å². The quantitative estimate of drug-likeness (QED) is 0.605. The van der Waals surface area contributed by atoms with Crippen molar-refractivity contribution in [1.82, 2.24) is 5.01 Å². The summed E-state index contributed by atoms with van der Waals surface area (Å²) in [5, 5.41) is 1.84. The van der Waals surface area contributed by atoms with E-state index in [9.17, 15) is 0 Å². The lowest BCUT2D eigenvalue weighted by molar-refractivity contribution is -0.161. The van der Waals surface area contributed by atoms with E-state index in [0.717, 1.165) is 13.0 Å². The molecule has 2 aliphatic rings. The summed E-state index contributed by atoms with van der Waals surface area (Å²) in [6.45, 7) is 6.83. The Hall–Kier alpha value is -0.160. The molecule has 2 heterocycles. The van der Waals surface area contributed by atoms with Gasteiger partial charge in [-0.1, -0.05) is 6.92 Å². The summed E-state index contributed by atoms with van der Waals surface area (Å²) in [6, 6.07) is 0.312. The molecule has 3 unspecified atom stereocenters. The van der Waals surface area contributed by atoms with Crippen LogP contribution in [0, 0.1) is 0 Å². The van der Waals surface area contributed by atoms with Crippen LogP contribution in [0.4, 0.5) is 0 Å². The molecule has 0 aromatic heterocycles. The molecule has 0 aromatic carbocycles. The van der Waals surface area contributed by atoms with Crippen LogP contribution < -0.4 is 5.84 Å². The van der Waals surface area contributed by atoms with Crippen molar-refractivity contribution < 1.29 is 9.47 Å². The Labute approximate surface area is 78.9 Å². The first-order valence-electron chi connectivity index (χ1n) is 4.90. The fourth-order valence-electron chi connectivity index (χ4n) is 2.33. The second-order valence-electron chi connectivity index (χ2n) is 4.31. The summed E-state index contributed by atoms with van der Waals surface area (Å²) in [5.41, 5.74) is 0. The number of fused-ring (bicyclic) bond motifs is 1. The molecule has 2 rings (SSSR count). The molecule has 0 saturated carbocycles. The Bertz CT molecular complexity index is 208. The highest BCUT2D eigenvalue weighted by Crippen LogP contribution is 2.36. The van der Waals surface area contributed by atoms with Crippen molar-refractivity contribution >= 4 is 0 Å². The molecule has 0 amide bonds. The molecule has 76 valence electrons. The lowest BCUT2D eigenvalue weighted by Gasteiger charge is -2.25. The number of nitrogens with zero attached hydrogens (tertiary/aromatic N) is 1. The molecule has 0 aliphatic carbocycles.